The van der Waals surface area contributed by atoms with Crippen LogP contribution in [0.1, 0.15) is 32.9 Å². The molecule has 0 atom stereocenters. The molecule has 0 aliphatic heterocycles. The van der Waals surface area contributed by atoms with Crippen LogP contribution in [0.2, 0.25) is 0 Å². The Hall–Kier alpha value is -2.73. The molecule has 2 heterocycles. The van der Waals surface area contributed by atoms with E-state index in [0.717, 1.165) is 21.3 Å². The third-order valence-electron chi connectivity index (χ3n) is 4.14. The van der Waals surface area contributed by atoms with Gasteiger partial charge in [-0.05, 0) is 36.4 Å². The average Bonchev–Trinajstić information content (AvgIpc) is 3.18. The summed E-state index contributed by atoms with van der Waals surface area (Å²) in [7, 11) is 1.33. The summed E-state index contributed by atoms with van der Waals surface area (Å²) >= 11 is 1.61. The van der Waals surface area contributed by atoms with E-state index in [4.69, 9.17) is 9.47 Å². The van der Waals surface area contributed by atoms with Crippen LogP contribution < -0.4 is 0 Å². The Kier molecular flexibility index (Phi) is 5.63. The lowest BCUT2D eigenvalue weighted by Gasteiger charge is -2.13. The minimum absolute atomic E-state index is 0.0562. The molecule has 5 nitrogen and oxygen atoms in total. The summed E-state index contributed by atoms with van der Waals surface area (Å²) in [4.78, 5) is 29.9. The normalized spacial score (nSPS) is 10.7. The Morgan fingerprint density at radius 1 is 1.15 bits per heavy atom. The van der Waals surface area contributed by atoms with Crippen molar-refractivity contribution in [1.29, 1.82) is 0 Å². The SMILES string of the molecule is COC(=O)c1c(COC(=O)CCc2cccs2)nc2ccccc2c1C. The molecule has 0 radical (unpaired) electrons. The molecule has 134 valence electrons. The molecule has 2 aromatic heterocycles. The Labute approximate surface area is 155 Å². The number of rotatable bonds is 6. The highest BCUT2D eigenvalue weighted by Crippen LogP contribution is 2.24. The average molecular weight is 369 g/mol. The summed E-state index contributed by atoms with van der Waals surface area (Å²) in [5, 5.41) is 2.85. The molecule has 3 rings (SSSR count). The number of pyridine rings is 1. The van der Waals surface area contributed by atoms with Gasteiger partial charge in [0.05, 0.1) is 30.3 Å². The van der Waals surface area contributed by atoms with Crippen molar-refractivity contribution in [2.45, 2.75) is 26.4 Å². The minimum Gasteiger partial charge on any atom is -0.465 e. The molecule has 0 bridgehead atoms. The van der Waals surface area contributed by atoms with Gasteiger partial charge in [-0.2, -0.15) is 0 Å². The van der Waals surface area contributed by atoms with Gasteiger partial charge in [-0.25, -0.2) is 9.78 Å². The molecular formula is C20H19NO4S. The Morgan fingerprint density at radius 3 is 2.69 bits per heavy atom. The molecule has 1 aromatic carbocycles. The van der Waals surface area contributed by atoms with Gasteiger partial charge in [0, 0.05) is 10.3 Å². The number of methoxy groups -OCH3 is 1. The van der Waals surface area contributed by atoms with Gasteiger partial charge in [-0.15, -0.1) is 11.3 Å². The smallest absolute Gasteiger partial charge is 0.340 e. The molecule has 0 N–H and O–H groups in total. The quantitative estimate of drug-likeness (QED) is 0.613. The number of ether oxygens (including phenoxy) is 2. The number of hydrogen-bond donors (Lipinski definition) is 0. The lowest BCUT2D eigenvalue weighted by Crippen LogP contribution is -2.14. The molecule has 0 aliphatic carbocycles. The van der Waals surface area contributed by atoms with Crippen LogP contribution in [0, 0.1) is 6.92 Å². The molecule has 0 amide bonds. The van der Waals surface area contributed by atoms with Crippen LogP contribution in [0.25, 0.3) is 10.9 Å². The van der Waals surface area contributed by atoms with Gasteiger partial charge in [-0.1, -0.05) is 24.3 Å². The van der Waals surface area contributed by atoms with Crippen LogP contribution in [0.15, 0.2) is 41.8 Å². The van der Waals surface area contributed by atoms with Gasteiger partial charge in [0.2, 0.25) is 0 Å². The number of aromatic nitrogens is 1. The van der Waals surface area contributed by atoms with Crippen molar-refractivity contribution in [2.24, 2.45) is 0 Å². The van der Waals surface area contributed by atoms with Gasteiger partial charge in [-0.3, -0.25) is 4.79 Å². The number of carbonyl (C=O) groups is 2. The van der Waals surface area contributed by atoms with Crippen molar-refractivity contribution in [3.8, 4) is 0 Å². The van der Waals surface area contributed by atoms with E-state index in [2.05, 4.69) is 4.98 Å². The maximum absolute atomic E-state index is 12.2. The molecule has 6 heteroatoms. The predicted molar refractivity (Wildman–Crippen MR) is 100 cm³/mol. The lowest BCUT2D eigenvalue weighted by atomic mass is 10.0. The summed E-state index contributed by atoms with van der Waals surface area (Å²) in [5.41, 5.74) is 2.30. The van der Waals surface area contributed by atoms with E-state index >= 15 is 0 Å². The number of carbonyl (C=O) groups excluding carboxylic acids is 2. The van der Waals surface area contributed by atoms with Crippen LogP contribution in [-0.4, -0.2) is 24.0 Å². The van der Waals surface area contributed by atoms with Crippen molar-refractivity contribution in [3.63, 3.8) is 0 Å². The van der Waals surface area contributed by atoms with Crippen LogP contribution in [0.3, 0.4) is 0 Å². The van der Waals surface area contributed by atoms with Crippen molar-refractivity contribution in [2.75, 3.05) is 7.11 Å². The fourth-order valence-corrected chi connectivity index (χ4v) is 3.53. The first-order valence-corrected chi connectivity index (χ1v) is 9.12. The summed E-state index contributed by atoms with van der Waals surface area (Å²) in [6, 6.07) is 11.5. The van der Waals surface area contributed by atoms with E-state index in [-0.39, 0.29) is 12.6 Å². The molecular weight excluding hydrogens is 350 g/mol. The molecule has 0 unspecified atom stereocenters. The standard InChI is InChI=1S/C20H19NO4S/c1-13-15-7-3-4-8-16(15)21-17(19(13)20(23)24-2)12-25-18(22)10-9-14-6-5-11-26-14/h3-8,11H,9-10,12H2,1-2H3. The van der Waals surface area contributed by atoms with Gasteiger partial charge in [0.15, 0.2) is 0 Å². The highest BCUT2D eigenvalue weighted by atomic mass is 32.1. The molecule has 3 aromatic rings. The highest BCUT2D eigenvalue weighted by Gasteiger charge is 2.20. The largest absolute Gasteiger partial charge is 0.465 e. The van der Waals surface area contributed by atoms with Crippen LogP contribution in [0.5, 0.6) is 0 Å². The zero-order valence-corrected chi connectivity index (χ0v) is 15.5. The van der Waals surface area contributed by atoms with Crippen LogP contribution in [0.4, 0.5) is 0 Å². The molecule has 0 spiro atoms. The summed E-state index contributed by atoms with van der Waals surface area (Å²) in [5.74, 6) is -0.799. The Morgan fingerprint density at radius 2 is 1.96 bits per heavy atom. The van der Waals surface area contributed by atoms with E-state index in [0.29, 0.717) is 24.1 Å². The zero-order chi connectivity index (χ0) is 18.5. The molecule has 0 aliphatic rings. The first kappa shape index (κ1) is 18.1. The maximum atomic E-state index is 12.2. The zero-order valence-electron chi connectivity index (χ0n) is 14.7. The van der Waals surface area contributed by atoms with Gasteiger partial charge >= 0.3 is 11.9 Å². The minimum atomic E-state index is -0.481. The number of hydrogen-bond acceptors (Lipinski definition) is 6. The Bertz CT molecular complexity index is 934. The summed E-state index contributed by atoms with van der Waals surface area (Å²) in [6.07, 6.45) is 0.936. The van der Waals surface area contributed by atoms with E-state index in [9.17, 15) is 9.59 Å². The van der Waals surface area contributed by atoms with Crippen LogP contribution >= 0.6 is 11.3 Å². The fourth-order valence-electron chi connectivity index (χ4n) is 2.82. The van der Waals surface area contributed by atoms with E-state index in [1.807, 2.05) is 48.7 Å². The first-order valence-electron chi connectivity index (χ1n) is 8.24. The number of nitrogens with zero attached hydrogens (tertiary/aromatic N) is 1. The van der Waals surface area contributed by atoms with E-state index in [1.165, 1.54) is 7.11 Å². The Balaban J connectivity index is 1.79. The number of esters is 2. The lowest BCUT2D eigenvalue weighted by molar-refractivity contribution is -0.145. The third-order valence-corrected chi connectivity index (χ3v) is 5.08. The number of thiophene rings is 1. The number of aryl methyl sites for hydroxylation is 2. The van der Waals surface area contributed by atoms with Crippen molar-refractivity contribution >= 4 is 34.2 Å². The highest BCUT2D eigenvalue weighted by molar-refractivity contribution is 7.09. The topological polar surface area (TPSA) is 65.5 Å². The van der Waals surface area contributed by atoms with Crippen molar-refractivity contribution < 1.29 is 19.1 Å². The second-order valence-electron chi connectivity index (χ2n) is 5.81. The van der Waals surface area contributed by atoms with E-state index in [1.54, 1.807) is 11.3 Å². The number of benzene rings is 1. The maximum Gasteiger partial charge on any atom is 0.340 e. The molecule has 0 saturated heterocycles. The second kappa shape index (κ2) is 8.10. The molecule has 0 fully saturated rings. The fraction of sp³-hybridized carbons (Fsp3) is 0.250. The molecule has 26 heavy (non-hydrogen) atoms. The number of para-hydroxylation sites is 1. The summed E-state index contributed by atoms with van der Waals surface area (Å²) < 4.78 is 10.3. The van der Waals surface area contributed by atoms with Gasteiger partial charge in [0.1, 0.15) is 6.61 Å². The van der Waals surface area contributed by atoms with Crippen molar-refractivity contribution in [3.05, 3.63) is 63.5 Å². The molecule has 0 saturated carbocycles. The first-order chi connectivity index (χ1) is 12.6. The van der Waals surface area contributed by atoms with Gasteiger partial charge in [0.25, 0.3) is 0 Å². The monoisotopic (exact) mass is 369 g/mol. The van der Waals surface area contributed by atoms with Crippen LogP contribution in [-0.2, 0) is 27.3 Å². The predicted octanol–water partition coefficient (Wildman–Crippen LogP) is 4.07. The number of fused-ring (bicyclic) bond motifs is 1. The van der Waals surface area contributed by atoms with E-state index < -0.39 is 5.97 Å². The second-order valence-corrected chi connectivity index (χ2v) is 6.84. The summed E-state index contributed by atoms with van der Waals surface area (Å²) in [6.45, 7) is 1.79. The van der Waals surface area contributed by atoms with Crippen molar-refractivity contribution in [1.82, 2.24) is 4.98 Å². The third kappa shape index (κ3) is 3.91. The van der Waals surface area contributed by atoms with Gasteiger partial charge < -0.3 is 9.47 Å².